The molecule has 176 valence electrons. The van der Waals surface area contributed by atoms with E-state index in [2.05, 4.69) is 25.8 Å². The lowest BCUT2D eigenvalue weighted by molar-refractivity contribution is -0.113. The molecule has 0 atom stereocenters. The normalized spacial score (nSPS) is 11.1. The molecule has 11 heteroatoms. The lowest BCUT2D eigenvalue weighted by Crippen LogP contribution is -2.14. The fourth-order valence-electron chi connectivity index (χ4n) is 3.28. The van der Waals surface area contributed by atoms with E-state index in [0.717, 1.165) is 20.1 Å². The van der Waals surface area contributed by atoms with Crippen molar-refractivity contribution in [1.29, 1.82) is 0 Å². The number of rotatable bonds is 9. The number of hydrogen-bond donors (Lipinski definition) is 1. The Balaban J connectivity index is 1.17. The summed E-state index contributed by atoms with van der Waals surface area (Å²) < 4.78 is 17.3. The van der Waals surface area contributed by atoms with Gasteiger partial charge in [-0.15, -0.1) is 16.4 Å². The SMILES string of the molecule is O=C(CSc1nnnn1Cc1ccccc1)Nc1ccc2nc(SCc3ccccc3F)sc2c1. The fourth-order valence-corrected chi connectivity index (χ4v) is 6.05. The molecule has 0 aliphatic rings. The number of anilines is 1. The number of tetrazole rings is 1. The molecule has 7 nitrogen and oxygen atoms in total. The summed E-state index contributed by atoms with van der Waals surface area (Å²) in [5.41, 5.74) is 3.27. The molecule has 0 fully saturated rings. The van der Waals surface area contributed by atoms with Crippen LogP contribution in [0.3, 0.4) is 0 Å². The number of thiazole rings is 1. The first-order chi connectivity index (χ1) is 17.1. The number of carbonyl (C=O) groups excluding carboxylic acids is 1. The van der Waals surface area contributed by atoms with E-state index in [0.29, 0.717) is 28.7 Å². The van der Waals surface area contributed by atoms with Crippen molar-refractivity contribution < 1.29 is 9.18 Å². The molecule has 0 bridgehead atoms. The molecule has 1 amide bonds. The third-order valence-corrected chi connectivity index (χ3v) is 8.14. The average molecular weight is 523 g/mol. The van der Waals surface area contributed by atoms with Crippen molar-refractivity contribution in [2.24, 2.45) is 0 Å². The molecule has 0 saturated heterocycles. The molecule has 1 N–H and O–H groups in total. The second-order valence-corrected chi connectivity index (χ2v) is 10.7. The number of carbonyl (C=O) groups is 1. The van der Waals surface area contributed by atoms with Crippen molar-refractivity contribution in [1.82, 2.24) is 25.2 Å². The smallest absolute Gasteiger partial charge is 0.234 e. The summed E-state index contributed by atoms with van der Waals surface area (Å²) in [6, 6.07) is 22.3. The maximum atomic E-state index is 13.9. The minimum atomic E-state index is -0.210. The molecule has 0 radical (unpaired) electrons. The van der Waals surface area contributed by atoms with Crippen molar-refractivity contribution in [3.63, 3.8) is 0 Å². The molecule has 35 heavy (non-hydrogen) atoms. The van der Waals surface area contributed by atoms with Gasteiger partial charge >= 0.3 is 0 Å². The maximum Gasteiger partial charge on any atom is 0.234 e. The molecule has 5 rings (SSSR count). The van der Waals surface area contributed by atoms with Crippen molar-refractivity contribution in [2.45, 2.75) is 21.8 Å². The first kappa shape index (κ1) is 23.5. The van der Waals surface area contributed by atoms with Gasteiger partial charge in [0.1, 0.15) is 5.82 Å². The van der Waals surface area contributed by atoms with Crippen LogP contribution in [0.4, 0.5) is 10.1 Å². The van der Waals surface area contributed by atoms with E-state index in [-0.39, 0.29) is 17.5 Å². The molecule has 0 aliphatic carbocycles. The highest BCUT2D eigenvalue weighted by molar-refractivity contribution is 8.00. The topological polar surface area (TPSA) is 85.6 Å². The zero-order valence-corrected chi connectivity index (χ0v) is 20.7. The van der Waals surface area contributed by atoms with Crippen LogP contribution in [0.25, 0.3) is 10.2 Å². The summed E-state index contributed by atoms with van der Waals surface area (Å²) in [7, 11) is 0. The van der Waals surface area contributed by atoms with Gasteiger partial charge in [0, 0.05) is 11.4 Å². The summed E-state index contributed by atoms with van der Waals surface area (Å²) in [5.74, 6) is 0.330. The van der Waals surface area contributed by atoms with Gasteiger partial charge in [0.2, 0.25) is 11.1 Å². The molecule has 0 saturated carbocycles. The van der Waals surface area contributed by atoms with Gasteiger partial charge in [-0.3, -0.25) is 4.79 Å². The molecular formula is C24H19FN6OS3. The number of aromatic nitrogens is 5. The summed E-state index contributed by atoms with van der Waals surface area (Å²) in [6.45, 7) is 0.539. The van der Waals surface area contributed by atoms with E-state index in [1.807, 2.05) is 54.6 Å². The average Bonchev–Trinajstić information content (AvgIpc) is 3.49. The van der Waals surface area contributed by atoms with Gasteiger partial charge in [0.15, 0.2) is 4.34 Å². The van der Waals surface area contributed by atoms with Crippen LogP contribution in [0.1, 0.15) is 11.1 Å². The highest BCUT2D eigenvalue weighted by atomic mass is 32.2. The molecule has 3 aromatic carbocycles. The molecule has 0 spiro atoms. The van der Waals surface area contributed by atoms with Gasteiger partial charge in [-0.25, -0.2) is 14.1 Å². The summed E-state index contributed by atoms with van der Waals surface area (Å²) >= 11 is 4.30. The maximum absolute atomic E-state index is 13.9. The highest BCUT2D eigenvalue weighted by Crippen LogP contribution is 2.33. The number of benzene rings is 3. The highest BCUT2D eigenvalue weighted by Gasteiger charge is 2.12. The number of amides is 1. The Labute approximate surface area is 213 Å². The Hall–Kier alpha value is -3.28. The number of hydrogen-bond acceptors (Lipinski definition) is 8. The third-order valence-electron chi connectivity index (χ3n) is 4.97. The van der Waals surface area contributed by atoms with Crippen LogP contribution in [0.2, 0.25) is 0 Å². The number of nitrogens with zero attached hydrogens (tertiary/aromatic N) is 5. The first-order valence-electron chi connectivity index (χ1n) is 10.6. The number of halogens is 1. The van der Waals surface area contributed by atoms with Gasteiger partial charge in [-0.1, -0.05) is 72.1 Å². The van der Waals surface area contributed by atoms with Crippen LogP contribution in [-0.4, -0.2) is 36.9 Å². The van der Waals surface area contributed by atoms with Crippen molar-refractivity contribution >= 4 is 56.7 Å². The quantitative estimate of drug-likeness (QED) is 0.256. The molecule has 0 aliphatic heterocycles. The van der Waals surface area contributed by atoms with Crippen LogP contribution in [0.5, 0.6) is 0 Å². The lowest BCUT2D eigenvalue weighted by atomic mass is 10.2. The van der Waals surface area contributed by atoms with E-state index >= 15 is 0 Å². The van der Waals surface area contributed by atoms with Crippen LogP contribution in [-0.2, 0) is 17.1 Å². The predicted molar refractivity (Wildman–Crippen MR) is 138 cm³/mol. The second kappa shape index (κ2) is 11.0. The zero-order chi connectivity index (χ0) is 24.0. The Morgan fingerprint density at radius 2 is 1.86 bits per heavy atom. The van der Waals surface area contributed by atoms with E-state index in [4.69, 9.17) is 0 Å². The number of thioether (sulfide) groups is 2. The van der Waals surface area contributed by atoms with Crippen molar-refractivity contribution in [3.05, 3.63) is 89.7 Å². The monoisotopic (exact) mass is 522 g/mol. The van der Waals surface area contributed by atoms with E-state index in [1.54, 1.807) is 16.8 Å². The zero-order valence-electron chi connectivity index (χ0n) is 18.3. The number of nitrogens with one attached hydrogen (secondary N) is 1. The summed E-state index contributed by atoms with van der Waals surface area (Å²) in [5, 5.41) is 15.3. The van der Waals surface area contributed by atoms with Crippen LogP contribution in [0.15, 0.2) is 82.3 Å². The Kier molecular flexibility index (Phi) is 7.36. The van der Waals surface area contributed by atoms with Gasteiger partial charge in [0.05, 0.1) is 22.5 Å². The molecule has 5 aromatic rings. The lowest BCUT2D eigenvalue weighted by Gasteiger charge is -2.06. The van der Waals surface area contributed by atoms with E-state index < -0.39 is 0 Å². The standard InChI is InChI=1S/C24H19FN6OS3/c25-19-9-5-4-8-17(19)14-34-24-27-20-11-10-18(12-21(20)35-24)26-22(32)15-33-23-28-29-30-31(23)13-16-6-2-1-3-7-16/h1-12H,13-15H2,(H,26,32). The Bertz CT molecular complexity index is 1460. The van der Waals surface area contributed by atoms with Crippen LogP contribution >= 0.6 is 34.9 Å². The fraction of sp³-hybridized carbons (Fsp3) is 0.125. The van der Waals surface area contributed by atoms with Crippen molar-refractivity contribution in [2.75, 3.05) is 11.1 Å². The third kappa shape index (κ3) is 6.05. The largest absolute Gasteiger partial charge is 0.325 e. The molecule has 0 unspecified atom stereocenters. The molecule has 2 aromatic heterocycles. The van der Waals surface area contributed by atoms with Crippen molar-refractivity contribution in [3.8, 4) is 0 Å². The van der Waals surface area contributed by atoms with Gasteiger partial charge < -0.3 is 5.32 Å². The Morgan fingerprint density at radius 1 is 1.03 bits per heavy atom. The predicted octanol–water partition coefficient (Wildman–Crippen LogP) is 5.49. The minimum Gasteiger partial charge on any atom is -0.325 e. The molecular weight excluding hydrogens is 504 g/mol. The second-order valence-electron chi connectivity index (χ2n) is 7.48. The molecule has 2 heterocycles. The van der Waals surface area contributed by atoms with Gasteiger partial charge in [-0.05, 0) is 45.8 Å². The van der Waals surface area contributed by atoms with Crippen LogP contribution in [0, 0.1) is 5.82 Å². The summed E-state index contributed by atoms with van der Waals surface area (Å²) in [4.78, 5) is 17.2. The number of fused-ring (bicyclic) bond motifs is 1. The first-order valence-corrected chi connectivity index (χ1v) is 13.4. The van der Waals surface area contributed by atoms with Gasteiger partial charge in [0.25, 0.3) is 0 Å². The Morgan fingerprint density at radius 3 is 2.71 bits per heavy atom. The van der Waals surface area contributed by atoms with Crippen LogP contribution < -0.4 is 5.32 Å². The minimum absolute atomic E-state index is 0.151. The summed E-state index contributed by atoms with van der Waals surface area (Å²) in [6.07, 6.45) is 0. The van der Waals surface area contributed by atoms with E-state index in [1.165, 1.54) is 40.9 Å². The van der Waals surface area contributed by atoms with E-state index in [9.17, 15) is 9.18 Å². The van der Waals surface area contributed by atoms with Gasteiger partial charge in [-0.2, -0.15) is 0 Å².